The van der Waals surface area contributed by atoms with Gasteiger partial charge in [-0.3, -0.25) is 24.1 Å². The van der Waals surface area contributed by atoms with Crippen LogP contribution in [0.1, 0.15) is 61.7 Å². The van der Waals surface area contributed by atoms with Crippen molar-refractivity contribution < 1.29 is 23.9 Å². The van der Waals surface area contributed by atoms with Gasteiger partial charge in [0.25, 0.3) is 5.91 Å². The van der Waals surface area contributed by atoms with Crippen LogP contribution in [0.3, 0.4) is 0 Å². The Kier molecular flexibility index (Phi) is 11.0. The van der Waals surface area contributed by atoms with E-state index in [1.807, 2.05) is 4.90 Å². The summed E-state index contributed by atoms with van der Waals surface area (Å²) >= 11 is 0. The monoisotopic (exact) mass is 553 g/mol. The van der Waals surface area contributed by atoms with Crippen LogP contribution in [0.25, 0.3) is 0 Å². The Morgan fingerprint density at radius 2 is 1.57 bits per heavy atom. The second-order valence-electron chi connectivity index (χ2n) is 11.0. The van der Waals surface area contributed by atoms with Gasteiger partial charge < -0.3 is 25.6 Å². The van der Waals surface area contributed by atoms with Crippen LogP contribution in [0.5, 0.6) is 5.75 Å². The maximum atomic E-state index is 13.5. The second kappa shape index (κ2) is 14.8. The van der Waals surface area contributed by atoms with Crippen molar-refractivity contribution in [3.63, 3.8) is 0 Å². The summed E-state index contributed by atoms with van der Waals surface area (Å²) in [5.74, 6) is 0.0976. The summed E-state index contributed by atoms with van der Waals surface area (Å²) in [6.07, 6.45) is 10.0. The molecule has 1 aromatic carbocycles. The Morgan fingerprint density at radius 3 is 2.35 bits per heavy atom. The van der Waals surface area contributed by atoms with Crippen LogP contribution in [-0.2, 0) is 14.4 Å². The van der Waals surface area contributed by atoms with Gasteiger partial charge in [0.05, 0.1) is 24.1 Å². The van der Waals surface area contributed by atoms with E-state index in [0.29, 0.717) is 69.7 Å². The van der Waals surface area contributed by atoms with Gasteiger partial charge in [-0.05, 0) is 69.8 Å². The summed E-state index contributed by atoms with van der Waals surface area (Å²) in [6.45, 7) is 4.73. The van der Waals surface area contributed by atoms with Crippen molar-refractivity contribution in [1.82, 2.24) is 25.8 Å². The fraction of sp³-hybridized carbons (Fsp3) is 0.600. The lowest BCUT2D eigenvalue weighted by atomic mass is 9.74. The first-order valence-corrected chi connectivity index (χ1v) is 14.7. The van der Waals surface area contributed by atoms with Crippen molar-refractivity contribution in [3.05, 3.63) is 42.0 Å². The molecule has 3 N–H and O–H groups in total. The minimum Gasteiger partial charge on any atom is -0.491 e. The van der Waals surface area contributed by atoms with E-state index in [2.05, 4.69) is 20.9 Å². The number of para-hydroxylation sites is 1. The molecule has 4 amide bonds. The minimum atomic E-state index is -0.643. The van der Waals surface area contributed by atoms with Gasteiger partial charge in [0.1, 0.15) is 12.4 Å². The van der Waals surface area contributed by atoms with Gasteiger partial charge in [-0.2, -0.15) is 0 Å². The SMILES string of the molecule is O=C1/C=C/CC2(CCN(CC(=O)N3CCCCCC3)CC2)C(=O)NCCCNC(=O)c2ccccc2OCCN1. The van der Waals surface area contributed by atoms with Crippen molar-refractivity contribution in [2.75, 3.05) is 59.0 Å². The molecule has 0 aliphatic carbocycles. The standard InChI is InChI=1S/C30H43N5O5/c36-26-11-7-12-30(13-20-34(21-14-30)23-27(37)35-18-5-1-2-6-19-35)29(39)33-16-8-15-32-28(38)24-9-3-4-10-25(24)40-22-17-31-26/h3-4,7,9-11H,1-2,5-6,8,12-23H2,(H,31,36)(H,32,38)(H,33,39)/b11-7+. The summed E-state index contributed by atoms with van der Waals surface area (Å²) in [5.41, 5.74) is -0.214. The van der Waals surface area contributed by atoms with Crippen LogP contribution in [-0.4, -0.2) is 92.4 Å². The number of nitrogens with one attached hydrogen (secondary N) is 3. The normalized spacial score (nSPS) is 22.8. The van der Waals surface area contributed by atoms with Gasteiger partial charge in [0.15, 0.2) is 0 Å². The molecule has 0 atom stereocenters. The smallest absolute Gasteiger partial charge is 0.255 e. The van der Waals surface area contributed by atoms with Crippen molar-refractivity contribution in [1.29, 1.82) is 0 Å². The molecular formula is C30H43N5O5. The predicted molar refractivity (Wildman–Crippen MR) is 152 cm³/mol. The third-order valence-corrected chi connectivity index (χ3v) is 8.11. The summed E-state index contributed by atoms with van der Waals surface area (Å²) in [6, 6.07) is 6.99. The van der Waals surface area contributed by atoms with E-state index in [-0.39, 0.29) is 36.8 Å². The Balaban J connectivity index is 1.36. The molecule has 0 aromatic heterocycles. The highest BCUT2D eigenvalue weighted by Crippen LogP contribution is 2.36. The van der Waals surface area contributed by atoms with Gasteiger partial charge in [0.2, 0.25) is 17.7 Å². The lowest BCUT2D eigenvalue weighted by molar-refractivity contribution is -0.136. The molecular weight excluding hydrogens is 510 g/mol. The van der Waals surface area contributed by atoms with Crippen LogP contribution in [0, 0.1) is 5.41 Å². The average molecular weight is 554 g/mol. The zero-order valence-electron chi connectivity index (χ0n) is 23.4. The topological polar surface area (TPSA) is 120 Å². The quantitative estimate of drug-likeness (QED) is 0.514. The van der Waals surface area contributed by atoms with Crippen molar-refractivity contribution in [2.24, 2.45) is 5.41 Å². The molecule has 0 bridgehead atoms. The fourth-order valence-electron chi connectivity index (χ4n) is 5.62. The van der Waals surface area contributed by atoms with E-state index in [9.17, 15) is 19.2 Å². The van der Waals surface area contributed by atoms with Crippen molar-refractivity contribution >= 4 is 23.6 Å². The molecule has 10 heteroatoms. The van der Waals surface area contributed by atoms with E-state index in [0.717, 1.165) is 25.9 Å². The van der Waals surface area contributed by atoms with Crippen molar-refractivity contribution in [3.8, 4) is 5.75 Å². The number of nitrogens with zero attached hydrogens (tertiary/aromatic N) is 2. The fourth-order valence-corrected chi connectivity index (χ4v) is 5.62. The first-order valence-electron chi connectivity index (χ1n) is 14.7. The number of hydrogen-bond acceptors (Lipinski definition) is 6. The molecule has 1 spiro atoms. The molecule has 218 valence electrons. The number of carbonyl (C=O) groups is 4. The predicted octanol–water partition coefficient (Wildman–Crippen LogP) is 1.86. The second-order valence-corrected chi connectivity index (χ2v) is 11.0. The van der Waals surface area contributed by atoms with E-state index < -0.39 is 5.41 Å². The van der Waals surface area contributed by atoms with Gasteiger partial charge in [-0.15, -0.1) is 0 Å². The highest BCUT2D eigenvalue weighted by atomic mass is 16.5. The number of fused-ring (bicyclic) bond motifs is 1. The number of carbonyl (C=O) groups excluding carboxylic acids is 4. The third-order valence-electron chi connectivity index (χ3n) is 8.11. The molecule has 3 aliphatic heterocycles. The molecule has 0 saturated carbocycles. The zero-order chi connectivity index (χ0) is 28.2. The van der Waals surface area contributed by atoms with Gasteiger partial charge in [0, 0.05) is 26.2 Å². The zero-order valence-corrected chi connectivity index (χ0v) is 23.4. The number of benzene rings is 1. The molecule has 3 heterocycles. The molecule has 2 saturated heterocycles. The molecule has 0 radical (unpaired) electrons. The van der Waals surface area contributed by atoms with Gasteiger partial charge in [-0.1, -0.05) is 31.1 Å². The highest BCUT2D eigenvalue weighted by molar-refractivity contribution is 5.96. The summed E-state index contributed by atoms with van der Waals surface area (Å²) in [7, 11) is 0. The first-order chi connectivity index (χ1) is 19.5. The molecule has 0 unspecified atom stereocenters. The molecule has 2 fully saturated rings. The minimum absolute atomic E-state index is 0.0396. The lowest BCUT2D eigenvalue weighted by Crippen LogP contribution is -2.51. The van der Waals surface area contributed by atoms with Crippen LogP contribution >= 0.6 is 0 Å². The maximum Gasteiger partial charge on any atom is 0.255 e. The molecule has 40 heavy (non-hydrogen) atoms. The number of allylic oxidation sites excluding steroid dienone is 1. The maximum absolute atomic E-state index is 13.5. The number of amides is 4. The number of piperidine rings is 1. The van der Waals surface area contributed by atoms with Crippen LogP contribution < -0.4 is 20.7 Å². The summed E-state index contributed by atoms with van der Waals surface area (Å²) < 4.78 is 5.75. The Labute approximate surface area is 236 Å². The Bertz CT molecular complexity index is 1060. The Hall–Kier alpha value is -3.40. The number of rotatable bonds is 2. The average Bonchev–Trinajstić information content (AvgIpc) is 3.26. The number of ether oxygens (including phenoxy) is 1. The van der Waals surface area contributed by atoms with Crippen LogP contribution in [0.4, 0.5) is 0 Å². The molecule has 1 aromatic rings. The van der Waals surface area contributed by atoms with Crippen LogP contribution in [0.15, 0.2) is 36.4 Å². The van der Waals surface area contributed by atoms with E-state index in [1.54, 1.807) is 30.3 Å². The van der Waals surface area contributed by atoms with Gasteiger partial charge >= 0.3 is 0 Å². The number of hydrogen-bond donors (Lipinski definition) is 3. The first kappa shape index (κ1) is 29.6. The van der Waals surface area contributed by atoms with Crippen molar-refractivity contribution in [2.45, 2.75) is 51.4 Å². The lowest BCUT2D eigenvalue weighted by Gasteiger charge is -2.40. The molecule has 10 nitrogen and oxygen atoms in total. The van der Waals surface area contributed by atoms with E-state index in [4.69, 9.17) is 4.74 Å². The van der Waals surface area contributed by atoms with E-state index in [1.165, 1.54) is 18.9 Å². The highest BCUT2D eigenvalue weighted by Gasteiger charge is 2.40. The summed E-state index contributed by atoms with van der Waals surface area (Å²) in [4.78, 5) is 55.6. The molecule has 4 rings (SSSR count). The summed E-state index contributed by atoms with van der Waals surface area (Å²) in [5, 5.41) is 8.75. The number of likely N-dealkylation sites (tertiary alicyclic amines) is 2. The largest absolute Gasteiger partial charge is 0.491 e. The van der Waals surface area contributed by atoms with Crippen LogP contribution in [0.2, 0.25) is 0 Å². The van der Waals surface area contributed by atoms with E-state index >= 15 is 0 Å². The molecule has 3 aliphatic rings. The van der Waals surface area contributed by atoms with Gasteiger partial charge in [-0.25, -0.2) is 0 Å². The third kappa shape index (κ3) is 8.30. The Morgan fingerprint density at radius 1 is 0.850 bits per heavy atom.